The number of hydrogen-bond acceptors (Lipinski definition) is 4. The second kappa shape index (κ2) is 8.77. The zero-order valence-corrected chi connectivity index (χ0v) is 16.7. The lowest BCUT2D eigenvalue weighted by Crippen LogP contribution is -2.36. The van der Waals surface area contributed by atoms with Crippen LogP contribution in [0.15, 0.2) is 42.5 Å². The first-order chi connectivity index (χ1) is 12.0. The minimum absolute atomic E-state index is 0. The molecule has 0 spiro atoms. The van der Waals surface area contributed by atoms with E-state index in [-0.39, 0.29) is 29.6 Å². The van der Waals surface area contributed by atoms with Crippen LogP contribution >= 0.6 is 35.3 Å². The molecule has 0 radical (unpaired) electrons. The molecule has 0 saturated carbocycles. The molecule has 8 heteroatoms. The second-order valence-electron chi connectivity index (χ2n) is 5.85. The number of anilines is 1. The van der Waals surface area contributed by atoms with Crippen LogP contribution in [0.2, 0.25) is 5.02 Å². The summed E-state index contributed by atoms with van der Waals surface area (Å²) >= 11 is 7.31. The molecule has 1 aromatic heterocycles. The number of halogens is 3. The van der Waals surface area contributed by atoms with Gasteiger partial charge >= 0.3 is 0 Å². The van der Waals surface area contributed by atoms with Gasteiger partial charge in [-0.15, -0.1) is 12.4 Å². The quantitative estimate of drug-likeness (QED) is 0.606. The maximum absolute atomic E-state index is 14.0. The number of hydrogen-bond donors (Lipinski definition) is 0. The third kappa shape index (κ3) is 4.51. The van der Waals surface area contributed by atoms with Crippen LogP contribution in [0.5, 0.6) is 0 Å². The molecule has 3 aromatic rings. The van der Waals surface area contributed by atoms with Crippen molar-refractivity contribution in [3.63, 3.8) is 0 Å². The van der Waals surface area contributed by atoms with Crippen LogP contribution in [0.4, 0.5) is 9.52 Å². The van der Waals surface area contributed by atoms with Gasteiger partial charge in [0.25, 0.3) is 5.91 Å². The van der Waals surface area contributed by atoms with Gasteiger partial charge in [-0.1, -0.05) is 35.1 Å². The molecule has 4 nitrogen and oxygen atoms in total. The fourth-order valence-electron chi connectivity index (χ4n) is 2.38. The highest BCUT2D eigenvalue weighted by Crippen LogP contribution is 2.31. The van der Waals surface area contributed by atoms with Crippen molar-refractivity contribution in [2.75, 3.05) is 32.1 Å². The number of likely N-dealkylation sites (N-methyl/N-ethyl adjacent to an activating group) is 1. The number of aromatic nitrogens is 1. The number of thiazole rings is 1. The summed E-state index contributed by atoms with van der Waals surface area (Å²) in [5, 5.41) is 0.973. The molecule has 0 N–H and O–H groups in total. The van der Waals surface area contributed by atoms with Crippen LogP contribution in [0, 0.1) is 5.82 Å². The van der Waals surface area contributed by atoms with Gasteiger partial charge in [-0.3, -0.25) is 9.69 Å². The number of fused-ring (bicyclic) bond motifs is 1. The van der Waals surface area contributed by atoms with E-state index in [9.17, 15) is 9.18 Å². The molecule has 0 fully saturated rings. The summed E-state index contributed by atoms with van der Waals surface area (Å²) in [4.78, 5) is 20.9. The lowest BCUT2D eigenvalue weighted by molar-refractivity contribution is 0.0985. The van der Waals surface area contributed by atoms with Crippen LogP contribution in [0.3, 0.4) is 0 Å². The first-order valence-electron chi connectivity index (χ1n) is 7.73. The van der Waals surface area contributed by atoms with Gasteiger partial charge in [-0.2, -0.15) is 0 Å². The highest BCUT2D eigenvalue weighted by atomic mass is 35.5. The molecule has 0 aliphatic carbocycles. The average Bonchev–Trinajstić information content (AvgIpc) is 3.00. The third-order valence-corrected chi connectivity index (χ3v) is 4.96. The summed E-state index contributed by atoms with van der Waals surface area (Å²) in [6, 6.07) is 11.6. The zero-order valence-electron chi connectivity index (χ0n) is 14.3. The summed E-state index contributed by atoms with van der Waals surface area (Å²) in [6.45, 7) is 1.10. The SMILES string of the molecule is CN(C)CCN(C(=O)c1cccc(Cl)c1)c1nc2c(F)cccc2s1.Cl. The number of amides is 1. The largest absolute Gasteiger partial charge is 0.308 e. The molecule has 26 heavy (non-hydrogen) atoms. The van der Waals surface area contributed by atoms with Gasteiger partial charge in [0, 0.05) is 23.7 Å². The molecular formula is C18H18Cl2FN3OS. The lowest BCUT2D eigenvalue weighted by atomic mass is 10.2. The van der Waals surface area contributed by atoms with E-state index < -0.39 is 0 Å². The number of nitrogens with zero attached hydrogens (tertiary/aromatic N) is 3. The zero-order chi connectivity index (χ0) is 18.0. The Labute approximate surface area is 166 Å². The molecule has 3 rings (SSSR count). The van der Waals surface area contributed by atoms with E-state index >= 15 is 0 Å². The Hall–Kier alpha value is -1.73. The fourth-order valence-corrected chi connectivity index (χ4v) is 3.57. The van der Waals surface area contributed by atoms with E-state index in [2.05, 4.69) is 4.98 Å². The highest BCUT2D eigenvalue weighted by molar-refractivity contribution is 7.22. The topological polar surface area (TPSA) is 36.4 Å². The molecule has 0 saturated heterocycles. The van der Waals surface area contributed by atoms with Crippen molar-refractivity contribution in [3.8, 4) is 0 Å². The predicted octanol–water partition coefficient (Wildman–Crippen LogP) is 4.72. The van der Waals surface area contributed by atoms with Gasteiger partial charge in [-0.05, 0) is 44.4 Å². The molecule has 1 amide bonds. The number of rotatable bonds is 5. The van der Waals surface area contributed by atoms with Crippen LogP contribution in [0.25, 0.3) is 10.2 Å². The Balaban J connectivity index is 0.00000243. The van der Waals surface area contributed by atoms with Crippen molar-refractivity contribution in [3.05, 3.63) is 58.9 Å². The van der Waals surface area contributed by atoms with Gasteiger partial charge in [0.15, 0.2) is 5.13 Å². The molecule has 0 aliphatic rings. The number of carbonyl (C=O) groups is 1. The van der Waals surface area contributed by atoms with Crippen LogP contribution < -0.4 is 4.90 Å². The first-order valence-corrected chi connectivity index (χ1v) is 8.92. The van der Waals surface area contributed by atoms with Gasteiger partial charge in [-0.25, -0.2) is 9.37 Å². The average molecular weight is 414 g/mol. The highest BCUT2D eigenvalue weighted by Gasteiger charge is 2.22. The Morgan fingerprint density at radius 3 is 2.58 bits per heavy atom. The van der Waals surface area contributed by atoms with E-state index in [0.29, 0.717) is 33.5 Å². The van der Waals surface area contributed by atoms with Crippen molar-refractivity contribution in [1.82, 2.24) is 9.88 Å². The summed E-state index contributed by atoms with van der Waals surface area (Å²) in [7, 11) is 3.86. The molecule has 1 heterocycles. The van der Waals surface area contributed by atoms with Gasteiger partial charge < -0.3 is 4.90 Å². The van der Waals surface area contributed by atoms with Crippen molar-refractivity contribution >= 4 is 56.6 Å². The Bertz CT molecular complexity index is 916. The number of carbonyl (C=O) groups excluding carboxylic acids is 1. The second-order valence-corrected chi connectivity index (χ2v) is 7.30. The molecule has 0 atom stereocenters. The summed E-state index contributed by atoms with van der Waals surface area (Å²) in [6.07, 6.45) is 0. The van der Waals surface area contributed by atoms with Crippen molar-refractivity contribution in [2.24, 2.45) is 0 Å². The Kier molecular flexibility index (Phi) is 6.94. The minimum atomic E-state index is -0.386. The molecule has 0 unspecified atom stereocenters. The standard InChI is InChI=1S/C18H17ClFN3OS.ClH/c1-22(2)9-10-23(17(24)12-5-3-6-13(19)11-12)18-21-16-14(20)7-4-8-15(16)25-18;/h3-8,11H,9-10H2,1-2H3;1H. The lowest BCUT2D eigenvalue weighted by Gasteiger charge is -2.22. The third-order valence-electron chi connectivity index (χ3n) is 3.68. The summed E-state index contributed by atoms with van der Waals surface area (Å²) in [5.41, 5.74) is 0.766. The Morgan fingerprint density at radius 2 is 1.92 bits per heavy atom. The maximum atomic E-state index is 14.0. The summed E-state index contributed by atoms with van der Waals surface area (Å²) in [5.74, 6) is -0.591. The van der Waals surface area contributed by atoms with E-state index in [1.165, 1.54) is 17.4 Å². The van der Waals surface area contributed by atoms with E-state index in [4.69, 9.17) is 11.6 Å². The van der Waals surface area contributed by atoms with Crippen LogP contribution in [-0.2, 0) is 0 Å². The van der Waals surface area contributed by atoms with Crippen LogP contribution in [-0.4, -0.2) is 43.0 Å². The number of benzene rings is 2. The predicted molar refractivity (Wildman–Crippen MR) is 109 cm³/mol. The van der Waals surface area contributed by atoms with Crippen LogP contribution in [0.1, 0.15) is 10.4 Å². The number of para-hydroxylation sites is 1. The molecular weight excluding hydrogens is 396 g/mol. The van der Waals surface area contributed by atoms with E-state index in [1.54, 1.807) is 41.3 Å². The molecule has 2 aromatic carbocycles. The monoisotopic (exact) mass is 413 g/mol. The fraction of sp³-hybridized carbons (Fsp3) is 0.222. The van der Waals surface area contributed by atoms with Gasteiger partial charge in [0.05, 0.1) is 4.70 Å². The molecule has 138 valence electrons. The Morgan fingerprint density at radius 1 is 1.19 bits per heavy atom. The van der Waals surface area contributed by atoms with Gasteiger partial charge in [0.2, 0.25) is 0 Å². The van der Waals surface area contributed by atoms with E-state index in [1.807, 2.05) is 19.0 Å². The van der Waals surface area contributed by atoms with Crippen molar-refractivity contribution < 1.29 is 9.18 Å². The normalized spacial score (nSPS) is 10.8. The smallest absolute Gasteiger partial charge is 0.260 e. The van der Waals surface area contributed by atoms with Crippen molar-refractivity contribution in [1.29, 1.82) is 0 Å². The van der Waals surface area contributed by atoms with Crippen molar-refractivity contribution in [2.45, 2.75) is 0 Å². The summed E-state index contributed by atoms with van der Waals surface area (Å²) < 4.78 is 14.7. The molecule has 0 bridgehead atoms. The van der Waals surface area contributed by atoms with E-state index in [0.717, 1.165) is 0 Å². The minimum Gasteiger partial charge on any atom is -0.308 e. The van der Waals surface area contributed by atoms with Gasteiger partial charge in [0.1, 0.15) is 11.3 Å². The first kappa shape index (κ1) is 20.6. The maximum Gasteiger partial charge on any atom is 0.260 e. The molecule has 0 aliphatic heterocycles.